The fourth-order valence-electron chi connectivity index (χ4n) is 2.06. The van der Waals surface area contributed by atoms with Gasteiger partial charge in [-0.3, -0.25) is 9.48 Å². The summed E-state index contributed by atoms with van der Waals surface area (Å²) in [6, 6.07) is 7.44. The molecule has 1 unspecified atom stereocenters. The summed E-state index contributed by atoms with van der Waals surface area (Å²) in [4.78, 5) is 15.5. The van der Waals surface area contributed by atoms with Crippen molar-refractivity contribution in [3.8, 4) is 5.75 Å². The molecule has 0 aliphatic rings. The van der Waals surface area contributed by atoms with E-state index in [1.807, 2.05) is 24.3 Å². The summed E-state index contributed by atoms with van der Waals surface area (Å²) in [5.74, 6) is 0.0198. The first-order valence-corrected chi connectivity index (χ1v) is 6.28. The van der Waals surface area contributed by atoms with Crippen LogP contribution in [0.5, 0.6) is 5.75 Å². The van der Waals surface area contributed by atoms with Crippen molar-refractivity contribution >= 4 is 5.97 Å². The summed E-state index contributed by atoms with van der Waals surface area (Å²) in [7, 11) is 3.35. The fraction of sp³-hybridized carbons (Fsp3) is 0.357. The summed E-state index contributed by atoms with van der Waals surface area (Å²) in [5.41, 5.74) is 0.930. The van der Waals surface area contributed by atoms with Crippen LogP contribution in [0.4, 0.5) is 0 Å². The number of aromatic nitrogens is 3. The molecule has 6 nitrogen and oxygen atoms in total. The number of nitrogens with zero attached hydrogens (tertiary/aromatic N) is 3. The van der Waals surface area contributed by atoms with E-state index in [1.165, 1.54) is 6.33 Å². The number of hydrogen-bond acceptors (Lipinski definition) is 4. The molecule has 0 radical (unpaired) electrons. The normalized spacial score (nSPS) is 12.1. The lowest BCUT2D eigenvalue weighted by molar-refractivity contribution is -0.141. The quantitative estimate of drug-likeness (QED) is 0.860. The maximum atomic E-state index is 11.4. The molecule has 0 fully saturated rings. The molecule has 0 saturated carbocycles. The number of aliphatic carboxylic acids is 1. The number of rotatable bonds is 6. The number of aryl methyl sites for hydroxylation is 1. The smallest absolute Gasteiger partial charge is 0.307 e. The average molecular weight is 275 g/mol. The molecule has 106 valence electrons. The molecule has 0 spiro atoms. The Kier molecular flexibility index (Phi) is 4.34. The standard InChI is InChI=1S/C14H17N3O3/c1-17-13(15-9-16-17)8-11(14(18)19)6-10-4-3-5-12(7-10)20-2/h3-5,7,9,11H,6,8H2,1-2H3,(H,18,19). The SMILES string of the molecule is COc1cccc(CC(Cc2ncnn2C)C(=O)O)c1. The zero-order chi connectivity index (χ0) is 14.5. The summed E-state index contributed by atoms with van der Waals surface area (Å²) >= 11 is 0. The molecule has 1 heterocycles. The van der Waals surface area contributed by atoms with Crippen LogP contribution < -0.4 is 4.74 Å². The number of methoxy groups -OCH3 is 1. The molecule has 0 saturated heterocycles. The third kappa shape index (κ3) is 3.34. The third-order valence-electron chi connectivity index (χ3n) is 3.20. The molecule has 1 aromatic heterocycles. The Morgan fingerprint density at radius 2 is 2.25 bits per heavy atom. The van der Waals surface area contributed by atoms with Crippen molar-refractivity contribution in [1.29, 1.82) is 0 Å². The Bertz CT molecular complexity index is 595. The van der Waals surface area contributed by atoms with Gasteiger partial charge in [-0.05, 0) is 24.1 Å². The monoisotopic (exact) mass is 275 g/mol. The van der Waals surface area contributed by atoms with E-state index in [4.69, 9.17) is 4.74 Å². The number of hydrogen-bond donors (Lipinski definition) is 1. The number of carboxylic acids is 1. The predicted molar refractivity (Wildman–Crippen MR) is 72.5 cm³/mol. The topological polar surface area (TPSA) is 77.2 Å². The predicted octanol–water partition coefficient (Wildman–Crippen LogP) is 1.31. The van der Waals surface area contributed by atoms with Gasteiger partial charge >= 0.3 is 5.97 Å². The van der Waals surface area contributed by atoms with Crippen LogP contribution in [0.3, 0.4) is 0 Å². The highest BCUT2D eigenvalue weighted by Crippen LogP contribution is 2.18. The molecule has 0 amide bonds. The molecule has 1 N–H and O–H groups in total. The van der Waals surface area contributed by atoms with E-state index in [2.05, 4.69) is 10.1 Å². The van der Waals surface area contributed by atoms with Crippen LogP contribution in [0.1, 0.15) is 11.4 Å². The molecule has 1 aromatic carbocycles. The summed E-state index contributed by atoms with van der Waals surface area (Å²) in [6.45, 7) is 0. The molecule has 0 bridgehead atoms. The minimum absolute atomic E-state index is 0.350. The first kappa shape index (κ1) is 14.0. The van der Waals surface area contributed by atoms with Gasteiger partial charge in [-0.15, -0.1) is 0 Å². The van der Waals surface area contributed by atoms with Crippen molar-refractivity contribution in [2.24, 2.45) is 13.0 Å². The van der Waals surface area contributed by atoms with E-state index >= 15 is 0 Å². The van der Waals surface area contributed by atoms with Gasteiger partial charge in [0.15, 0.2) is 0 Å². The Labute approximate surface area is 117 Å². The second-order valence-corrected chi connectivity index (χ2v) is 4.59. The zero-order valence-corrected chi connectivity index (χ0v) is 11.5. The third-order valence-corrected chi connectivity index (χ3v) is 3.20. The van der Waals surface area contributed by atoms with Crippen LogP contribution in [0.2, 0.25) is 0 Å². The second-order valence-electron chi connectivity index (χ2n) is 4.59. The maximum absolute atomic E-state index is 11.4. The average Bonchev–Trinajstić information content (AvgIpc) is 2.83. The molecular formula is C14H17N3O3. The summed E-state index contributed by atoms with van der Waals surface area (Å²) in [5, 5.41) is 13.3. The molecule has 1 atom stereocenters. The number of ether oxygens (including phenoxy) is 1. The van der Waals surface area contributed by atoms with Gasteiger partial charge in [0, 0.05) is 13.5 Å². The van der Waals surface area contributed by atoms with Crippen molar-refractivity contribution in [1.82, 2.24) is 14.8 Å². The van der Waals surface area contributed by atoms with Crippen LogP contribution >= 0.6 is 0 Å². The number of carboxylic acid groups (broad SMARTS) is 1. The molecule has 0 aliphatic carbocycles. The molecular weight excluding hydrogens is 258 g/mol. The van der Waals surface area contributed by atoms with Crippen molar-refractivity contribution in [2.45, 2.75) is 12.8 Å². The lowest BCUT2D eigenvalue weighted by atomic mass is 9.96. The van der Waals surface area contributed by atoms with Gasteiger partial charge in [0.1, 0.15) is 17.9 Å². The van der Waals surface area contributed by atoms with Gasteiger partial charge in [-0.1, -0.05) is 12.1 Å². The van der Waals surface area contributed by atoms with Crippen LogP contribution in [-0.2, 0) is 24.7 Å². The van der Waals surface area contributed by atoms with Crippen LogP contribution in [0, 0.1) is 5.92 Å². The molecule has 0 aliphatic heterocycles. The summed E-state index contributed by atoms with van der Waals surface area (Å²) in [6.07, 6.45) is 2.21. The van der Waals surface area contributed by atoms with E-state index in [0.717, 1.165) is 11.3 Å². The highest BCUT2D eigenvalue weighted by molar-refractivity contribution is 5.70. The van der Waals surface area contributed by atoms with Crippen LogP contribution in [0.25, 0.3) is 0 Å². The van der Waals surface area contributed by atoms with Gasteiger partial charge in [0.05, 0.1) is 13.0 Å². The lowest BCUT2D eigenvalue weighted by Gasteiger charge is -2.12. The minimum Gasteiger partial charge on any atom is -0.497 e. The van der Waals surface area contributed by atoms with Gasteiger partial charge in [-0.2, -0.15) is 5.10 Å². The largest absolute Gasteiger partial charge is 0.497 e. The molecule has 2 aromatic rings. The van der Waals surface area contributed by atoms with Crippen molar-refractivity contribution in [2.75, 3.05) is 7.11 Å². The van der Waals surface area contributed by atoms with Crippen LogP contribution in [0.15, 0.2) is 30.6 Å². The highest BCUT2D eigenvalue weighted by Gasteiger charge is 2.21. The van der Waals surface area contributed by atoms with Crippen molar-refractivity contribution < 1.29 is 14.6 Å². The Morgan fingerprint density at radius 1 is 1.45 bits per heavy atom. The van der Waals surface area contributed by atoms with E-state index in [1.54, 1.807) is 18.8 Å². The molecule has 20 heavy (non-hydrogen) atoms. The van der Waals surface area contributed by atoms with Crippen molar-refractivity contribution in [3.63, 3.8) is 0 Å². The van der Waals surface area contributed by atoms with Gasteiger partial charge in [-0.25, -0.2) is 4.98 Å². The number of carbonyl (C=O) groups is 1. The van der Waals surface area contributed by atoms with E-state index in [0.29, 0.717) is 18.7 Å². The van der Waals surface area contributed by atoms with Crippen LogP contribution in [-0.4, -0.2) is 33.0 Å². The molecule has 2 rings (SSSR count). The lowest BCUT2D eigenvalue weighted by Crippen LogP contribution is -2.21. The Morgan fingerprint density at radius 3 is 2.85 bits per heavy atom. The van der Waals surface area contributed by atoms with Gasteiger partial charge < -0.3 is 9.84 Å². The Hall–Kier alpha value is -2.37. The molecule has 6 heteroatoms. The highest BCUT2D eigenvalue weighted by atomic mass is 16.5. The number of benzene rings is 1. The fourth-order valence-corrected chi connectivity index (χ4v) is 2.06. The summed E-state index contributed by atoms with van der Waals surface area (Å²) < 4.78 is 6.75. The van der Waals surface area contributed by atoms with Gasteiger partial charge in [0.25, 0.3) is 0 Å². The second kappa shape index (κ2) is 6.18. The van der Waals surface area contributed by atoms with E-state index in [9.17, 15) is 9.90 Å². The minimum atomic E-state index is -0.837. The van der Waals surface area contributed by atoms with Gasteiger partial charge in [0.2, 0.25) is 0 Å². The van der Waals surface area contributed by atoms with E-state index in [-0.39, 0.29) is 0 Å². The Balaban J connectivity index is 2.13. The zero-order valence-electron chi connectivity index (χ0n) is 11.5. The first-order valence-electron chi connectivity index (χ1n) is 6.28. The maximum Gasteiger partial charge on any atom is 0.307 e. The first-order chi connectivity index (χ1) is 9.60. The van der Waals surface area contributed by atoms with E-state index < -0.39 is 11.9 Å². The van der Waals surface area contributed by atoms with Crippen molar-refractivity contribution in [3.05, 3.63) is 42.0 Å².